The van der Waals surface area contributed by atoms with Gasteiger partial charge in [0.05, 0.1) is 5.92 Å². The molecular formula is C14H25N3O2. The Bertz CT molecular complexity index is 409. The molecule has 1 heterocycles. The number of nitrogens with zero attached hydrogens (tertiary/aromatic N) is 2. The summed E-state index contributed by atoms with van der Waals surface area (Å²) in [6, 6.07) is -0.00169. The molecule has 1 saturated carbocycles. The van der Waals surface area contributed by atoms with Gasteiger partial charge >= 0.3 is 0 Å². The van der Waals surface area contributed by atoms with E-state index < -0.39 is 0 Å². The van der Waals surface area contributed by atoms with E-state index in [4.69, 9.17) is 15.0 Å². The lowest BCUT2D eigenvalue weighted by Crippen LogP contribution is -2.34. The molecule has 5 nitrogen and oxygen atoms in total. The van der Waals surface area contributed by atoms with Crippen molar-refractivity contribution in [3.63, 3.8) is 0 Å². The lowest BCUT2D eigenvalue weighted by molar-refractivity contribution is -0.0609. The predicted molar refractivity (Wildman–Crippen MR) is 72.7 cm³/mol. The predicted octanol–water partition coefficient (Wildman–Crippen LogP) is 2.57. The summed E-state index contributed by atoms with van der Waals surface area (Å²) in [5, 5.41) is 4.14. The largest absolute Gasteiger partial charge is 0.370 e. The second-order valence-electron chi connectivity index (χ2n) is 5.98. The summed E-state index contributed by atoms with van der Waals surface area (Å²) in [5.74, 6) is 2.11. The topological polar surface area (TPSA) is 74.2 Å². The molecule has 19 heavy (non-hydrogen) atoms. The summed E-state index contributed by atoms with van der Waals surface area (Å²) >= 11 is 0. The SMILES string of the molecule is COC1(c2noc(C(C)C(C)N)n2)CCC(C)CC1. The van der Waals surface area contributed by atoms with Crippen LogP contribution < -0.4 is 5.73 Å². The van der Waals surface area contributed by atoms with Crippen LogP contribution in [-0.4, -0.2) is 23.3 Å². The first kappa shape index (κ1) is 14.5. The van der Waals surface area contributed by atoms with Crippen molar-refractivity contribution in [1.29, 1.82) is 0 Å². The van der Waals surface area contributed by atoms with E-state index in [1.807, 2.05) is 13.8 Å². The quantitative estimate of drug-likeness (QED) is 0.907. The zero-order valence-corrected chi connectivity index (χ0v) is 12.3. The Morgan fingerprint density at radius 1 is 1.37 bits per heavy atom. The van der Waals surface area contributed by atoms with Gasteiger partial charge in [-0.05, 0) is 38.5 Å². The molecule has 1 aromatic heterocycles. The standard InChI is InChI=1S/C14H25N3O2/c1-9-5-7-14(18-4,8-6-9)13-16-12(19-17-13)10(2)11(3)15/h9-11H,5-8,15H2,1-4H3. The highest BCUT2D eigenvalue weighted by molar-refractivity contribution is 5.06. The van der Waals surface area contributed by atoms with E-state index in [1.54, 1.807) is 7.11 Å². The third-order valence-corrected chi connectivity index (χ3v) is 4.50. The van der Waals surface area contributed by atoms with Gasteiger partial charge in [-0.2, -0.15) is 4.98 Å². The van der Waals surface area contributed by atoms with Crippen LogP contribution >= 0.6 is 0 Å². The van der Waals surface area contributed by atoms with Gasteiger partial charge in [0.1, 0.15) is 5.60 Å². The van der Waals surface area contributed by atoms with Gasteiger partial charge in [-0.1, -0.05) is 19.0 Å². The second-order valence-corrected chi connectivity index (χ2v) is 5.98. The van der Waals surface area contributed by atoms with E-state index in [0.717, 1.165) is 31.6 Å². The van der Waals surface area contributed by atoms with Crippen LogP contribution in [0.15, 0.2) is 4.52 Å². The summed E-state index contributed by atoms with van der Waals surface area (Å²) in [6.45, 7) is 6.23. The van der Waals surface area contributed by atoms with Crippen molar-refractivity contribution in [2.75, 3.05) is 7.11 Å². The number of hydrogen-bond acceptors (Lipinski definition) is 5. The number of nitrogens with two attached hydrogens (primary N) is 1. The average molecular weight is 267 g/mol. The maximum absolute atomic E-state index is 5.88. The minimum atomic E-state index is -0.369. The smallest absolute Gasteiger partial charge is 0.231 e. The van der Waals surface area contributed by atoms with E-state index in [2.05, 4.69) is 17.1 Å². The van der Waals surface area contributed by atoms with Crippen LogP contribution in [-0.2, 0) is 10.3 Å². The number of ether oxygens (including phenoxy) is 1. The number of hydrogen-bond donors (Lipinski definition) is 1. The Labute approximate surface area is 114 Å². The summed E-state index contributed by atoms with van der Waals surface area (Å²) in [5.41, 5.74) is 5.51. The van der Waals surface area contributed by atoms with E-state index in [9.17, 15) is 0 Å². The van der Waals surface area contributed by atoms with Crippen LogP contribution in [0.2, 0.25) is 0 Å². The van der Waals surface area contributed by atoms with Gasteiger partial charge in [-0.25, -0.2) is 0 Å². The summed E-state index contributed by atoms with van der Waals surface area (Å²) in [7, 11) is 1.74. The Morgan fingerprint density at radius 2 is 2.00 bits per heavy atom. The van der Waals surface area contributed by atoms with Gasteiger partial charge in [0, 0.05) is 13.2 Å². The normalized spacial score (nSPS) is 31.1. The van der Waals surface area contributed by atoms with Crippen LogP contribution in [0.25, 0.3) is 0 Å². The maximum atomic E-state index is 5.88. The second kappa shape index (κ2) is 5.59. The minimum absolute atomic E-state index is 0.00169. The highest BCUT2D eigenvalue weighted by atomic mass is 16.5. The molecule has 0 aliphatic heterocycles. The van der Waals surface area contributed by atoms with Crippen LogP contribution in [0.5, 0.6) is 0 Å². The van der Waals surface area contributed by atoms with Crippen LogP contribution in [0.4, 0.5) is 0 Å². The van der Waals surface area contributed by atoms with Crippen LogP contribution in [0, 0.1) is 5.92 Å². The molecule has 0 radical (unpaired) electrons. The number of aromatic nitrogens is 2. The highest BCUT2D eigenvalue weighted by Gasteiger charge is 2.40. The van der Waals surface area contributed by atoms with E-state index in [1.165, 1.54) is 0 Å². The molecular weight excluding hydrogens is 242 g/mol. The van der Waals surface area contributed by atoms with Gasteiger partial charge in [-0.15, -0.1) is 0 Å². The minimum Gasteiger partial charge on any atom is -0.370 e. The molecule has 1 aromatic rings. The van der Waals surface area contributed by atoms with Crippen molar-refractivity contribution >= 4 is 0 Å². The fraction of sp³-hybridized carbons (Fsp3) is 0.857. The van der Waals surface area contributed by atoms with Crippen LogP contribution in [0.1, 0.15) is 64.1 Å². The molecule has 1 aliphatic carbocycles. The van der Waals surface area contributed by atoms with E-state index >= 15 is 0 Å². The Morgan fingerprint density at radius 3 is 2.53 bits per heavy atom. The first-order chi connectivity index (χ1) is 8.98. The van der Waals surface area contributed by atoms with Gasteiger partial charge in [0.2, 0.25) is 11.7 Å². The maximum Gasteiger partial charge on any atom is 0.231 e. The summed E-state index contributed by atoms with van der Waals surface area (Å²) < 4.78 is 11.1. The fourth-order valence-electron chi connectivity index (χ4n) is 2.58. The summed E-state index contributed by atoms with van der Waals surface area (Å²) in [6.07, 6.45) is 4.19. The van der Waals surface area contributed by atoms with Gasteiger partial charge in [0.25, 0.3) is 0 Å². The molecule has 0 spiro atoms. The first-order valence-electron chi connectivity index (χ1n) is 7.13. The Hall–Kier alpha value is -0.940. The molecule has 0 bridgehead atoms. The van der Waals surface area contributed by atoms with Crippen molar-refractivity contribution in [2.24, 2.45) is 11.7 Å². The molecule has 5 heteroatoms. The van der Waals surface area contributed by atoms with Gasteiger partial charge in [-0.3, -0.25) is 0 Å². The Balaban J connectivity index is 2.20. The lowest BCUT2D eigenvalue weighted by atomic mass is 9.79. The van der Waals surface area contributed by atoms with Crippen molar-refractivity contribution in [1.82, 2.24) is 10.1 Å². The molecule has 2 atom stereocenters. The molecule has 0 amide bonds. The molecule has 2 rings (SSSR count). The number of methoxy groups -OCH3 is 1. The molecule has 108 valence electrons. The highest BCUT2D eigenvalue weighted by Crippen LogP contribution is 2.41. The monoisotopic (exact) mass is 267 g/mol. The molecule has 2 N–H and O–H groups in total. The van der Waals surface area contributed by atoms with Crippen LogP contribution in [0.3, 0.4) is 0 Å². The third kappa shape index (κ3) is 2.82. The van der Waals surface area contributed by atoms with Gasteiger partial charge in [0.15, 0.2) is 0 Å². The molecule has 0 aromatic carbocycles. The zero-order valence-electron chi connectivity index (χ0n) is 12.3. The molecule has 1 aliphatic rings. The third-order valence-electron chi connectivity index (χ3n) is 4.50. The zero-order chi connectivity index (χ0) is 14.0. The molecule has 1 fully saturated rings. The van der Waals surface area contributed by atoms with Crippen molar-refractivity contribution in [3.8, 4) is 0 Å². The van der Waals surface area contributed by atoms with Crippen molar-refractivity contribution in [2.45, 2.75) is 64.0 Å². The van der Waals surface area contributed by atoms with Crippen molar-refractivity contribution in [3.05, 3.63) is 11.7 Å². The molecule has 0 saturated heterocycles. The fourth-order valence-corrected chi connectivity index (χ4v) is 2.58. The Kier molecular flexibility index (Phi) is 4.26. The summed E-state index contributed by atoms with van der Waals surface area (Å²) in [4.78, 5) is 4.54. The molecule has 2 unspecified atom stereocenters. The van der Waals surface area contributed by atoms with Gasteiger partial charge < -0.3 is 15.0 Å². The average Bonchev–Trinajstić information content (AvgIpc) is 2.89. The number of rotatable bonds is 4. The lowest BCUT2D eigenvalue weighted by Gasteiger charge is -2.35. The van der Waals surface area contributed by atoms with E-state index in [-0.39, 0.29) is 17.6 Å². The van der Waals surface area contributed by atoms with Crippen molar-refractivity contribution < 1.29 is 9.26 Å². The van der Waals surface area contributed by atoms with E-state index in [0.29, 0.717) is 11.7 Å². The first-order valence-corrected chi connectivity index (χ1v) is 7.13.